The first-order valence-corrected chi connectivity index (χ1v) is 8.47. The van der Waals surface area contributed by atoms with Crippen LogP contribution in [0.3, 0.4) is 0 Å². The number of anilines is 1. The zero-order chi connectivity index (χ0) is 16.2. The lowest BCUT2D eigenvalue weighted by atomic mass is 9.97. The number of nitrogens with zero attached hydrogens (tertiary/aromatic N) is 2. The number of pyridine rings is 1. The Morgan fingerprint density at radius 2 is 2.09 bits per heavy atom. The van der Waals surface area contributed by atoms with Gasteiger partial charge in [0, 0.05) is 19.6 Å². The highest BCUT2D eigenvalue weighted by Gasteiger charge is 2.26. The lowest BCUT2D eigenvalue weighted by Crippen LogP contribution is -2.42. The van der Waals surface area contributed by atoms with E-state index in [1.165, 1.54) is 0 Å². The molecule has 1 saturated heterocycles. The number of hydrogen-bond donors (Lipinski definition) is 1. The fourth-order valence-corrected chi connectivity index (χ4v) is 2.75. The maximum atomic E-state index is 12.0. The molecule has 22 heavy (non-hydrogen) atoms. The average Bonchev–Trinajstić information content (AvgIpc) is 2.44. The lowest BCUT2D eigenvalue weighted by Gasteiger charge is -2.33. The van der Waals surface area contributed by atoms with Crippen molar-refractivity contribution >= 4 is 27.8 Å². The molecule has 6 heteroatoms. The molecule has 122 valence electrons. The number of ether oxygens (including phenoxy) is 1. The summed E-state index contributed by atoms with van der Waals surface area (Å²) in [6.45, 7) is 8.08. The van der Waals surface area contributed by atoms with Crippen molar-refractivity contribution in [3.05, 3.63) is 22.8 Å². The molecule has 0 bridgehead atoms. The number of piperidine rings is 1. The average molecular weight is 370 g/mol. The summed E-state index contributed by atoms with van der Waals surface area (Å²) in [6.07, 6.45) is 1.77. The number of amides is 1. The maximum absolute atomic E-state index is 12.0. The third-order valence-electron chi connectivity index (χ3n) is 3.55. The number of hydrogen-bond acceptors (Lipinski definition) is 4. The highest BCUT2D eigenvalue weighted by atomic mass is 79.9. The number of nitrogens with one attached hydrogen (secondary N) is 1. The number of halogens is 1. The van der Waals surface area contributed by atoms with Gasteiger partial charge in [0.2, 0.25) is 0 Å². The third kappa shape index (κ3) is 5.48. The van der Waals surface area contributed by atoms with Gasteiger partial charge in [-0.25, -0.2) is 9.78 Å². The smallest absolute Gasteiger partial charge is 0.410 e. The van der Waals surface area contributed by atoms with Crippen molar-refractivity contribution in [2.45, 2.75) is 39.2 Å². The highest BCUT2D eigenvalue weighted by Crippen LogP contribution is 2.20. The molecule has 1 aliphatic rings. The van der Waals surface area contributed by atoms with Gasteiger partial charge in [0.05, 0.1) is 0 Å². The Morgan fingerprint density at radius 3 is 2.68 bits per heavy atom. The van der Waals surface area contributed by atoms with E-state index in [4.69, 9.17) is 4.74 Å². The summed E-state index contributed by atoms with van der Waals surface area (Å²) >= 11 is 3.37. The molecule has 2 rings (SSSR count). The van der Waals surface area contributed by atoms with Crippen LogP contribution in [-0.4, -0.2) is 41.2 Å². The van der Waals surface area contributed by atoms with Gasteiger partial charge in [-0.05, 0) is 67.6 Å². The molecule has 0 aromatic carbocycles. The van der Waals surface area contributed by atoms with E-state index in [1.807, 2.05) is 39.0 Å². The van der Waals surface area contributed by atoms with Gasteiger partial charge < -0.3 is 15.0 Å². The van der Waals surface area contributed by atoms with Crippen molar-refractivity contribution < 1.29 is 9.53 Å². The van der Waals surface area contributed by atoms with Gasteiger partial charge in [-0.1, -0.05) is 6.07 Å². The molecule has 2 heterocycles. The van der Waals surface area contributed by atoms with E-state index in [-0.39, 0.29) is 6.09 Å². The molecule has 0 aliphatic carbocycles. The topological polar surface area (TPSA) is 54.5 Å². The van der Waals surface area contributed by atoms with E-state index in [0.29, 0.717) is 5.92 Å². The second kappa shape index (κ2) is 7.31. The van der Waals surface area contributed by atoms with E-state index in [0.717, 1.165) is 42.9 Å². The molecule has 0 saturated carbocycles. The van der Waals surface area contributed by atoms with Crippen molar-refractivity contribution in [1.29, 1.82) is 0 Å². The van der Waals surface area contributed by atoms with E-state index in [9.17, 15) is 4.79 Å². The van der Waals surface area contributed by atoms with E-state index < -0.39 is 5.60 Å². The Bertz CT molecular complexity index is 508. The predicted octanol–water partition coefficient (Wildman–Crippen LogP) is 3.90. The van der Waals surface area contributed by atoms with Crippen molar-refractivity contribution in [3.63, 3.8) is 0 Å². The van der Waals surface area contributed by atoms with Crippen molar-refractivity contribution in [2.75, 3.05) is 25.0 Å². The quantitative estimate of drug-likeness (QED) is 0.820. The Kier molecular flexibility index (Phi) is 5.67. The number of aromatic nitrogens is 1. The third-order valence-corrected chi connectivity index (χ3v) is 3.99. The zero-order valence-electron chi connectivity index (χ0n) is 13.4. The molecule has 1 aromatic rings. The van der Waals surface area contributed by atoms with Gasteiger partial charge in [0.25, 0.3) is 0 Å². The summed E-state index contributed by atoms with van der Waals surface area (Å²) in [4.78, 5) is 18.2. The van der Waals surface area contributed by atoms with Gasteiger partial charge >= 0.3 is 6.09 Å². The van der Waals surface area contributed by atoms with Gasteiger partial charge in [-0.2, -0.15) is 0 Å². The number of carbonyl (C=O) groups is 1. The van der Waals surface area contributed by atoms with Crippen LogP contribution in [-0.2, 0) is 4.74 Å². The summed E-state index contributed by atoms with van der Waals surface area (Å²) in [5.74, 6) is 1.43. The van der Waals surface area contributed by atoms with Crippen molar-refractivity contribution in [2.24, 2.45) is 5.92 Å². The van der Waals surface area contributed by atoms with Gasteiger partial charge in [-0.3, -0.25) is 0 Å². The van der Waals surface area contributed by atoms with Crippen LogP contribution < -0.4 is 5.32 Å². The van der Waals surface area contributed by atoms with Crippen LogP contribution in [0, 0.1) is 5.92 Å². The van der Waals surface area contributed by atoms with Crippen LogP contribution in [0.4, 0.5) is 10.6 Å². The monoisotopic (exact) mass is 369 g/mol. The molecule has 0 unspecified atom stereocenters. The Hall–Kier alpha value is -1.30. The van der Waals surface area contributed by atoms with Crippen LogP contribution in [0.5, 0.6) is 0 Å². The number of likely N-dealkylation sites (tertiary alicyclic amines) is 1. The fourth-order valence-electron chi connectivity index (χ4n) is 2.40. The number of rotatable bonds is 3. The molecule has 0 radical (unpaired) electrons. The predicted molar refractivity (Wildman–Crippen MR) is 91.0 cm³/mol. The molecular formula is C16H24BrN3O2. The molecule has 0 spiro atoms. The van der Waals surface area contributed by atoms with Crippen LogP contribution in [0.15, 0.2) is 22.8 Å². The highest BCUT2D eigenvalue weighted by molar-refractivity contribution is 9.10. The van der Waals surface area contributed by atoms with Crippen LogP contribution in [0.25, 0.3) is 0 Å². The fraction of sp³-hybridized carbons (Fsp3) is 0.625. The summed E-state index contributed by atoms with van der Waals surface area (Å²) in [5.41, 5.74) is -0.429. The van der Waals surface area contributed by atoms with Crippen LogP contribution in [0.2, 0.25) is 0 Å². The lowest BCUT2D eigenvalue weighted by molar-refractivity contribution is 0.0188. The molecule has 1 aliphatic heterocycles. The molecule has 1 fully saturated rings. The van der Waals surface area contributed by atoms with Crippen molar-refractivity contribution in [3.8, 4) is 0 Å². The summed E-state index contributed by atoms with van der Waals surface area (Å²) in [5, 5.41) is 3.36. The first-order chi connectivity index (χ1) is 10.3. The molecular weight excluding hydrogens is 346 g/mol. The van der Waals surface area contributed by atoms with E-state index in [2.05, 4.69) is 26.2 Å². The summed E-state index contributed by atoms with van der Waals surface area (Å²) in [7, 11) is 0. The number of carbonyl (C=O) groups excluding carboxylic acids is 1. The summed E-state index contributed by atoms with van der Waals surface area (Å²) < 4.78 is 6.24. The van der Waals surface area contributed by atoms with Crippen LogP contribution in [0.1, 0.15) is 33.6 Å². The van der Waals surface area contributed by atoms with E-state index >= 15 is 0 Å². The normalized spacial score (nSPS) is 16.5. The SMILES string of the molecule is CC(C)(C)OC(=O)N1CCC(CNc2cccc(Br)n2)CC1. The largest absolute Gasteiger partial charge is 0.444 e. The summed E-state index contributed by atoms with van der Waals surface area (Å²) in [6, 6.07) is 5.83. The molecule has 1 amide bonds. The second-order valence-electron chi connectivity index (χ2n) is 6.64. The first kappa shape index (κ1) is 17.1. The molecule has 0 atom stereocenters. The van der Waals surface area contributed by atoms with Gasteiger partial charge in [0.15, 0.2) is 0 Å². The minimum Gasteiger partial charge on any atom is -0.444 e. The van der Waals surface area contributed by atoms with Gasteiger partial charge in [0.1, 0.15) is 16.0 Å². The second-order valence-corrected chi connectivity index (χ2v) is 7.45. The van der Waals surface area contributed by atoms with E-state index in [1.54, 1.807) is 4.90 Å². The Labute approximate surface area is 140 Å². The van der Waals surface area contributed by atoms with Gasteiger partial charge in [-0.15, -0.1) is 0 Å². The van der Waals surface area contributed by atoms with Crippen LogP contribution >= 0.6 is 15.9 Å². The maximum Gasteiger partial charge on any atom is 0.410 e. The Balaban J connectivity index is 1.74. The molecule has 5 nitrogen and oxygen atoms in total. The zero-order valence-corrected chi connectivity index (χ0v) is 15.0. The van der Waals surface area contributed by atoms with Crippen molar-refractivity contribution in [1.82, 2.24) is 9.88 Å². The minimum absolute atomic E-state index is 0.201. The first-order valence-electron chi connectivity index (χ1n) is 7.68. The molecule has 1 N–H and O–H groups in total. The standard InChI is InChI=1S/C16H24BrN3O2/c1-16(2,3)22-15(21)20-9-7-12(8-10-20)11-18-14-6-4-5-13(17)19-14/h4-6,12H,7-11H2,1-3H3,(H,18,19). The minimum atomic E-state index is -0.429. The molecule has 1 aromatic heterocycles. The Morgan fingerprint density at radius 1 is 1.41 bits per heavy atom.